The monoisotopic (exact) mass is 389 g/mol. The van der Waals surface area contributed by atoms with Crippen LogP contribution in [0.4, 0.5) is 5.88 Å². The number of piperidine rings is 1. The van der Waals surface area contributed by atoms with Crippen molar-refractivity contribution in [2.45, 2.75) is 50.5 Å². The fraction of sp³-hybridized carbons (Fsp3) is 0.611. The third kappa shape index (κ3) is 3.23. The molecule has 1 aliphatic carbocycles. The van der Waals surface area contributed by atoms with Crippen molar-refractivity contribution in [2.24, 2.45) is 7.05 Å². The minimum Gasteiger partial charge on any atom is -0.395 e. The number of nitro groups is 1. The van der Waals surface area contributed by atoms with Gasteiger partial charge in [-0.1, -0.05) is 12.8 Å². The van der Waals surface area contributed by atoms with Crippen LogP contribution in [0.3, 0.4) is 0 Å². The molecule has 28 heavy (non-hydrogen) atoms. The van der Waals surface area contributed by atoms with E-state index in [1.54, 1.807) is 11.9 Å². The highest BCUT2D eigenvalue weighted by molar-refractivity contribution is 5.91. The zero-order valence-electron chi connectivity index (χ0n) is 15.7. The summed E-state index contributed by atoms with van der Waals surface area (Å²) in [5.41, 5.74) is -0.0664. The standard InChI is InChI=1S/C18H23N5O5/c1-20-18(25)22(13-4-2-3-5-13)16(19-20)12-8-10-21(11-9-12)17(24)14-6-7-15(28-14)23(26)27/h6-7,12-13H,2-5,8-11H2,1H3. The van der Waals surface area contributed by atoms with Gasteiger partial charge in [0, 0.05) is 32.1 Å². The molecule has 2 fully saturated rings. The molecule has 10 heteroatoms. The maximum atomic E-state index is 12.6. The average Bonchev–Trinajstić information content (AvgIpc) is 3.43. The highest BCUT2D eigenvalue weighted by Gasteiger charge is 2.32. The molecular formula is C18H23N5O5. The van der Waals surface area contributed by atoms with Crippen LogP contribution in [-0.4, -0.2) is 43.2 Å². The first-order valence-electron chi connectivity index (χ1n) is 9.64. The number of rotatable bonds is 4. The van der Waals surface area contributed by atoms with Gasteiger partial charge in [0.2, 0.25) is 0 Å². The lowest BCUT2D eigenvalue weighted by Gasteiger charge is -2.31. The Morgan fingerprint density at radius 1 is 1.21 bits per heavy atom. The first kappa shape index (κ1) is 18.5. The van der Waals surface area contributed by atoms with Crippen molar-refractivity contribution < 1.29 is 14.1 Å². The lowest BCUT2D eigenvalue weighted by Crippen LogP contribution is -2.38. The fourth-order valence-electron chi connectivity index (χ4n) is 4.32. The average molecular weight is 389 g/mol. The van der Waals surface area contributed by atoms with Gasteiger partial charge >= 0.3 is 11.6 Å². The molecule has 150 valence electrons. The molecule has 3 heterocycles. The second-order valence-electron chi connectivity index (χ2n) is 7.53. The Labute approximate surface area is 160 Å². The summed E-state index contributed by atoms with van der Waals surface area (Å²) in [5, 5.41) is 15.2. The van der Waals surface area contributed by atoms with Gasteiger partial charge in [0.25, 0.3) is 5.91 Å². The normalized spacial score (nSPS) is 18.7. The van der Waals surface area contributed by atoms with E-state index in [0.29, 0.717) is 25.9 Å². The Bertz CT molecular complexity index is 944. The number of aryl methyl sites for hydroxylation is 1. The fourth-order valence-corrected chi connectivity index (χ4v) is 4.32. The highest BCUT2D eigenvalue weighted by Crippen LogP contribution is 2.33. The second kappa shape index (κ2) is 7.25. The molecule has 1 amide bonds. The quantitative estimate of drug-likeness (QED) is 0.585. The van der Waals surface area contributed by atoms with Gasteiger partial charge in [0.1, 0.15) is 10.7 Å². The van der Waals surface area contributed by atoms with E-state index in [1.165, 1.54) is 16.8 Å². The summed E-state index contributed by atoms with van der Waals surface area (Å²) in [6.45, 7) is 0.987. The van der Waals surface area contributed by atoms with Crippen LogP contribution in [0.25, 0.3) is 0 Å². The van der Waals surface area contributed by atoms with E-state index in [2.05, 4.69) is 5.10 Å². The summed E-state index contributed by atoms with van der Waals surface area (Å²) in [7, 11) is 1.68. The molecule has 4 rings (SSSR count). The van der Waals surface area contributed by atoms with Gasteiger partial charge in [0.05, 0.1) is 6.07 Å². The van der Waals surface area contributed by atoms with Crippen LogP contribution in [0.15, 0.2) is 21.3 Å². The van der Waals surface area contributed by atoms with E-state index in [-0.39, 0.29) is 29.3 Å². The summed E-state index contributed by atoms with van der Waals surface area (Å²) in [6, 6.07) is 2.75. The van der Waals surface area contributed by atoms with Crippen molar-refractivity contribution in [1.82, 2.24) is 19.2 Å². The van der Waals surface area contributed by atoms with E-state index in [1.807, 2.05) is 4.57 Å². The van der Waals surface area contributed by atoms with Gasteiger partial charge < -0.3 is 9.32 Å². The summed E-state index contributed by atoms with van der Waals surface area (Å²) >= 11 is 0. The number of hydrogen-bond donors (Lipinski definition) is 0. The largest absolute Gasteiger partial charge is 0.433 e. The Morgan fingerprint density at radius 3 is 2.50 bits per heavy atom. The first-order valence-corrected chi connectivity index (χ1v) is 9.64. The molecule has 0 bridgehead atoms. The lowest BCUT2D eigenvalue weighted by molar-refractivity contribution is -0.402. The lowest BCUT2D eigenvalue weighted by atomic mass is 9.95. The smallest absolute Gasteiger partial charge is 0.395 e. The topological polar surface area (TPSA) is 116 Å². The molecule has 2 aliphatic rings. The van der Waals surface area contributed by atoms with Gasteiger partial charge in [0.15, 0.2) is 5.76 Å². The molecule has 1 aliphatic heterocycles. The SMILES string of the molecule is Cn1nc(C2CCN(C(=O)c3ccc([N+](=O)[O-])o3)CC2)n(C2CCCC2)c1=O. The van der Waals surface area contributed by atoms with Crippen molar-refractivity contribution >= 4 is 11.8 Å². The van der Waals surface area contributed by atoms with Gasteiger partial charge in [-0.3, -0.25) is 19.5 Å². The van der Waals surface area contributed by atoms with Gasteiger partial charge in [-0.15, -0.1) is 0 Å². The molecule has 2 aromatic rings. The molecule has 0 atom stereocenters. The molecule has 1 saturated carbocycles. The molecule has 0 unspecified atom stereocenters. The number of carbonyl (C=O) groups excluding carboxylic acids is 1. The molecule has 0 aromatic carbocycles. The number of carbonyl (C=O) groups is 1. The van der Waals surface area contributed by atoms with E-state index < -0.39 is 10.8 Å². The molecule has 10 nitrogen and oxygen atoms in total. The summed E-state index contributed by atoms with van der Waals surface area (Å²) < 4.78 is 8.30. The van der Waals surface area contributed by atoms with Crippen LogP contribution in [0.2, 0.25) is 0 Å². The highest BCUT2D eigenvalue weighted by atomic mass is 16.6. The zero-order valence-corrected chi connectivity index (χ0v) is 15.7. The van der Waals surface area contributed by atoms with E-state index in [4.69, 9.17) is 4.42 Å². The molecule has 0 spiro atoms. The molecule has 2 aromatic heterocycles. The van der Waals surface area contributed by atoms with Crippen molar-refractivity contribution in [3.05, 3.63) is 44.3 Å². The third-order valence-electron chi connectivity index (χ3n) is 5.80. The van der Waals surface area contributed by atoms with Crippen LogP contribution in [0, 0.1) is 10.1 Å². The summed E-state index contributed by atoms with van der Waals surface area (Å²) in [6.07, 6.45) is 5.66. The maximum Gasteiger partial charge on any atom is 0.433 e. The molecule has 0 N–H and O–H groups in total. The number of nitrogens with zero attached hydrogens (tertiary/aromatic N) is 5. The predicted octanol–water partition coefficient (Wildman–Crippen LogP) is 2.22. The zero-order chi connectivity index (χ0) is 19.8. The second-order valence-corrected chi connectivity index (χ2v) is 7.53. The summed E-state index contributed by atoms with van der Waals surface area (Å²) in [5.74, 6) is 0.128. The Morgan fingerprint density at radius 2 is 1.89 bits per heavy atom. The van der Waals surface area contributed by atoms with Crippen LogP contribution in [0.1, 0.15) is 66.9 Å². The number of aromatic nitrogens is 3. The number of hydrogen-bond acceptors (Lipinski definition) is 6. The van der Waals surface area contributed by atoms with E-state index in [9.17, 15) is 19.7 Å². The van der Waals surface area contributed by atoms with Crippen molar-refractivity contribution in [3.63, 3.8) is 0 Å². The van der Waals surface area contributed by atoms with Crippen LogP contribution in [0.5, 0.6) is 0 Å². The van der Waals surface area contributed by atoms with Crippen LogP contribution < -0.4 is 5.69 Å². The Kier molecular flexibility index (Phi) is 4.78. The predicted molar refractivity (Wildman–Crippen MR) is 98.2 cm³/mol. The van der Waals surface area contributed by atoms with E-state index >= 15 is 0 Å². The van der Waals surface area contributed by atoms with Gasteiger partial charge in [-0.05, 0) is 31.7 Å². The Balaban J connectivity index is 1.47. The van der Waals surface area contributed by atoms with Crippen molar-refractivity contribution in [3.8, 4) is 0 Å². The van der Waals surface area contributed by atoms with E-state index in [0.717, 1.165) is 31.5 Å². The maximum absolute atomic E-state index is 12.6. The number of likely N-dealkylation sites (tertiary alicyclic amines) is 1. The number of amides is 1. The van der Waals surface area contributed by atoms with Crippen LogP contribution in [-0.2, 0) is 7.05 Å². The first-order chi connectivity index (χ1) is 13.5. The molecule has 0 radical (unpaired) electrons. The summed E-state index contributed by atoms with van der Waals surface area (Å²) in [4.78, 5) is 36.8. The van der Waals surface area contributed by atoms with Crippen molar-refractivity contribution in [1.29, 1.82) is 0 Å². The van der Waals surface area contributed by atoms with Crippen molar-refractivity contribution in [2.75, 3.05) is 13.1 Å². The minimum atomic E-state index is -0.660. The van der Waals surface area contributed by atoms with Gasteiger partial charge in [-0.25, -0.2) is 9.48 Å². The molecular weight excluding hydrogens is 366 g/mol. The molecule has 1 saturated heterocycles. The number of furan rings is 1. The Hall–Kier alpha value is -2.91. The third-order valence-corrected chi connectivity index (χ3v) is 5.80. The minimum absolute atomic E-state index is 0.0224. The van der Waals surface area contributed by atoms with Crippen LogP contribution >= 0.6 is 0 Å². The van der Waals surface area contributed by atoms with Gasteiger partial charge in [-0.2, -0.15) is 5.10 Å².